The minimum Gasteiger partial charge on any atom is -0.282 e. The summed E-state index contributed by atoms with van der Waals surface area (Å²) in [5.41, 5.74) is 0.868. The van der Waals surface area contributed by atoms with Gasteiger partial charge in [0.05, 0.1) is 16.5 Å². The predicted molar refractivity (Wildman–Crippen MR) is 80.7 cm³/mol. The molecule has 2 rings (SSSR count). The lowest BCUT2D eigenvalue weighted by atomic mass is 10.2. The van der Waals surface area contributed by atoms with Gasteiger partial charge in [-0.3, -0.25) is 4.84 Å². The van der Waals surface area contributed by atoms with Crippen molar-refractivity contribution in [3.05, 3.63) is 63.6 Å². The van der Waals surface area contributed by atoms with Crippen molar-refractivity contribution in [2.24, 2.45) is 0 Å². The summed E-state index contributed by atoms with van der Waals surface area (Å²) in [6, 6.07) is 13.6. The number of hydrogen-bond acceptors (Lipinski definition) is 3. The molecule has 2 aromatic carbocycles. The van der Waals surface area contributed by atoms with Crippen LogP contribution in [0.1, 0.15) is 5.56 Å². The first-order valence-corrected chi connectivity index (χ1v) is 8.27. The third kappa shape index (κ3) is 4.04. The monoisotopic (exact) mass is 375 g/mol. The highest BCUT2D eigenvalue weighted by atomic mass is 79.9. The first kappa shape index (κ1) is 15.5. The van der Waals surface area contributed by atoms with Gasteiger partial charge in [0.1, 0.15) is 0 Å². The van der Waals surface area contributed by atoms with Crippen LogP contribution in [0.5, 0.6) is 0 Å². The fourth-order valence-corrected chi connectivity index (χ4v) is 2.94. The number of nitrogens with one attached hydrogen (secondary N) is 1. The van der Waals surface area contributed by atoms with Crippen LogP contribution >= 0.6 is 27.5 Å². The molecule has 0 aliphatic heterocycles. The molecule has 0 aromatic heterocycles. The summed E-state index contributed by atoms with van der Waals surface area (Å²) in [6.45, 7) is 0.148. The van der Waals surface area contributed by atoms with E-state index >= 15 is 0 Å². The second-order valence-corrected chi connectivity index (χ2v) is 6.84. The van der Waals surface area contributed by atoms with Crippen molar-refractivity contribution in [1.82, 2.24) is 4.89 Å². The van der Waals surface area contributed by atoms with Crippen molar-refractivity contribution in [1.29, 1.82) is 0 Å². The lowest BCUT2D eigenvalue weighted by Gasteiger charge is -2.08. The van der Waals surface area contributed by atoms with Gasteiger partial charge in [0.25, 0.3) is 10.0 Å². The van der Waals surface area contributed by atoms with Gasteiger partial charge in [0, 0.05) is 4.47 Å². The Labute approximate surface area is 130 Å². The molecule has 0 aliphatic carbocycles. The van der Waals surface area contributed by atoms with Gasteiger partial charge in [-0.25, -0.2) is 8.42 Å². The molecular weight excluding hydrogens is 366 g/mol. The van der Waals surface area contributed by atoms with Crippen molar-refractivity contribution in [2.45, 2.75) is 11.5 Å². The van der Waals surface area contributed by atoms with Gasteiger partial charge in [-0.15, -0.1) is 0 Å². The van der Waals surface area contributed by atoms with Gasteiger partial charge in [-0.05, 0) is 39.7 Å². The third-order valence-corrected chi connectivity index (χ3v) is 4.88. The van der Waals surface area contributed by atoms with E-state index in [0.717, 1.165) is 5.56 Å². The number of benzene rings is 2. The molecule has 0 aliphatic rings. The van der Waals surface area contributed by atoms with Crippen LogP contribution in [0.2, 0.25) is 5.02 Å². The normalized spacial score (nSPS) is 11.5. The Morgan fingerprint density at radius 1 is 1.15 bits per heavy atom. The largest absolute Gasteiger partial charge is 0.282 e. The van der Waals surface area contributed by atoms with Crippen LogP contribution in [-0.2, 0) is 21.5 Å². The maximum absolute atomic E-state index is 12.0. The summed E-state index contributed by atoms with van der Waals surface area (Å²) in [6.07, 6.45) is 0. The molecule has 0 atom stereocenters. The fourth-order valence-electron chi connectivity index (χ4n) is 1.46. The smallest absolute Gasteiger partial charge is 0.262 e. The van der Waals surface area contributed by atoms with Gasteiger partial charge in [-0.1, -0.05) is 46.8 Å². The van der Waals surface area contributed by atoms with Gasteiger partial charge >= 0.3 is 0 Å². The molecule has 0 bridgehead atoms. The van der Waals surface area contributed by atoms with Crippen molar-refractivity contribution in [3.8, 4) is 0 Å². The molecule has 0 saturated carbocycles. The van der Waals surface area contributed by atoms with Crippen molar-refractivity contribution >= 4 is 37.6 Å². The van der Waals surface area contributed by atoms with E-state index < -0.39 is 10.0 Å². The maximum atomic E-state index is 12.0. The molecular formula is C13H11BrClNO3S. The first-order chi connectivity index (χ1) is 9.49. The lowest BCUT2D eigenvalue weighted by Crippen LogP contribution is -2.24. The molecule has 0 heterocycles. The Morgan fingerprint density at radius 3 is 2.50 bits per heavy atom. The van der Waals surface area contributed by atoms with E-state index in [9.17, 15) is 8.42 Å². The van der Waals surface area contributed by atoms with Crippen molar-refractivity contribution in [3.63, 3.8) is 0 Å². The van der Waals surface area contributed by atoms with Crippen molar-refractivity contribution < 1.29 is 13.3 Å². The van der Waals surface area contributed by atoms with E-state index in [-0.39, 0.29) is 11.5 Å². The molecule has 1 N–H and O–H groups in total. The zero-order valence-electron chi connectivity index (χ0n) is 10.2. The van der Waals surface area contributed by atoms with Gasteiger partial charge < -0.3 is 0 Å². The molecule has 0 spiro atoms. The summed E-state index contributed by atoms with van der Waals surface area (Å²) in [4.78, 5) is 7.17. The molecule has 7 heteroatoms. The molecule has 0 amide bonds. The van der Waals surface area contributed by atoms with E-state index in [1.54, 1.807) is 0 Å². The quantitative estimate of drug-likeness (QED) is 0.812. The molecule has 4 nitrogen and oxygen atoms in total. The van der Waals surface area contributed by atoms with Gasteiger partial charge in [0.15, 0.2) is 0 Å². The van der Waals surface area contributed by atoms with E-state index in [2.05, 4.69) is 20.8 Å². The molecule has 106 valence electrons. The summed E-state index contributed by atoms with van der Waals surface area (Å²) in [7, 11) is -3.73. The van der Waals surface area contributed by atoms with Crippen LogP contribution in [0.15, 0.2) is 57.9 Å². The maximum Gasteiger partial charge on any atom is 0.262 e. The fraction of sp³-hybridized carbons (Fsp3) is 0.0769. The first-order valence-electron chi connectivity index (χ1n) is 5.61. The van der Waals surface area contributed by atoms with E-state index in [1.165, 1.54) is 18.2 Å². The highest BCUT2D eigenvalue weighted by Gasteiger charge is 2.15. The van der Waals surface area contributed by atoms with Crippen molar-refractivity contribution in [2.75, 3.05) is 0 Å². The zero-order valence-corrected chi connectivity index (χ0v) is 13.4. The number of hydrogen-bond donors (Lipinski definition) is 1. The molecule has 2 aromatic rings. The van der Waals surface area contributed by atoms with Crippen LogP contribution in [-0.4, -0.2) is 8.42 Å². The number of rotatable bonds is 5. The third-order valence-electron chi connectivity index (χ3n) is 2.45. The molecule has 0 unspecified atom stereocenters. The Morgan fingerprint density at radius 2 is 1.85 bits per heavy atom. The Balaban J connectivity index is 2.02. The Bertz CT molecular complexity index is 692. The highest BCUT2D eigenvalue weighted by molar-refractivity contribution is 9.10. The standard InChI is InChI=1S/C13H11BrClNO3S/c14-12-8-11(6-7-13(12)15)20(17,18)16-19-9-10-4-2-1-3-5-10/h1-8,16H,9H2. The van der Waals surface area contributed by atoms with Crippen LogP contribution in [0.4, 0.5) is 0 Å². The predicted octanol–water partition coefficient (Wildman–Crippen LogP) is 3.51. The SMILES string of the molecule is O=S(=O)(NOCc1ccccc1)c1ccc(Cl)c(Br)c1. The molecule has 0 saturated heterocycles. The highest BCUT2D eigenvalue weighted by Crippen LogP contribution is 2.25. The summed E-state index contributed by atoms with van der Waals surface area (Å²) < 4.78 is 24.5. The van der Waals surface area contributed by atoms with E-state index in [0.29, 0.717) is 9.50 Å². The zero-order chi connectivity index (χ0) is 14.6. The minimum atomic E-state index is -3.73. The summed E-state index contributed by atoms with van der Waals surface area (Å²) in [5.74, 6) is 0. The number of sulfonamides is 1. The van der Waals surface area contributed by atoms with E-state index in [4.69, 9.17) is 16.4 Å². The summed E-state index contributed by atoms with van der Waals surface area (Å²) >= 11 is 9.00. The molecule has 20 heavy (non-hydrogen) atoms. The average molecular weight is 377 g/mol. The molecule has 0 fully saturated rings. The Kier molecular flexibility index (Phi) is 5.17. The summed E-state index contributed by atoms with van der Waals surface area (Å²) in [5, 5.41) is 0.439. The Hall–Kier alpha value is -0.920. The van der Waals surface area contributed by atoms with Crippen LogP contribution < -0.4 is 4.89 Å². The average Bonchev–Trinajstić information content (AvgIpc) is 2.43. The minimum absolute atomic E-state index is 0.0711. The molecule has 0 radical (unpaired) electrons. The lowest BCUT2D eigenvalue weighted by molar-refractivity contribution is 0.0795. The van der Waals surface area contributed by atoms with Gasteiger partial charge in [0.2, 0.25) is 0 Å². The second kappa shape index (κ2) is 6.69. The van der Waals surface area contributed by atoms with Gasteiger partial charge in [-0.2, -0.15) is 0 Å². The van der Waals surface area contributed by atoms with Crippen LogP contribution in [0.25, 0.3) is 0 Å². The van der Waals surface area contributed by atoms with E-state index in [1.807, 2.05) is 30.3 Å². The topological polar surface area (TPSA) is 55.4 Å². The van der Waals surface area contributed by atoms with Crippen LogP contribution in [0, 0.1) is 0 Å². The van der Waals surface area contributed by atoms with Crippen LogP contribution in [0.3, 0.4) is 0 Å². The second-order valence-electron chi connectivity index (χ2n) is 3.94. The number of halogens is 2.